The van der Waals surface area contributed by atoms with Crippen molar-refractivity contribution < 1.29 is 14.3 Å². The van der Waals surface area contributed by atoms with Crippen LogP contribution in [0.1, 0.15) is 23.9 Å². The van der Waals surface area contributed by atoms with Crippen molar-refractivity contribution in [1.29, 1.82) is 0 Å². The van der Waals surface area contributed by atoms with Crippen molar-refractivity contribution in [3.05, 3.63) is 42.0 Å². The lowest BCUT2D eigenvalue weighted by molar-refractivity contribution is -0.127. The number of nitrogens with one attached hydrogen (secondary N) is 1. The third kappa shape index (κ3) is 3.53. The number of aromatic nitrogens is 2. The smallest absolute Gasteiger partial charge is 0.223 e. The monoisotopic (exact) mass is 358 g/mol. The first-order valence-electron chi connectivity index (χ1n) is 8.69. The number of methoxy groups -OCH3 is 2. The summed E-state index contributed by atoms with van der Waals surface area (Å²) in [4.78, 5) is 18.5. The van der Waals surface area contributed by atoms with Crippen molar-refractivity contribution in [2.45, 2.75) is 19.0 Å². The molecule has 1 aromatic carbocycles. The predicted molar refractivity (Wildman–Crippen MR) is 98.1 cm³/mol. The van der Waals surface area contributed by atoms with Crippen molar-refractivity contribution in [1.82, 2.24) is 19.8 Å². The molecular formula is C19H26N4O3. The Morgan fingerprint density at radius 3 is 2.73 bits per heavy atom. The Hall–Kier alpha value is -2.54. The van der Waals surface area contributed by atoms with Crippen LogP contribution >= 0.6 is 0 Å². The molecule has 2 atom stereocenters. The third-order valence-corrected chi connectivity index (χ3v) is 5.03. The van der Waals surface area contributed by atoms with Gasteiger partial charge in [0.25, 0.3) is 0 Å². The lowest BCUT2D eigenvalue weighted by Gasteiger charge is -2.25. The van der Waals surface area contributed by atoms with Crippen molar-refractivity contribution in [2.24, 2.45) is 13.0 Å². The molecule has 7 heteroatoms. The summed E-state index contributed by atoms with van der Waals surface area (Å²) in [7, 11) is 7.11. The van der Waals surface area contributed by atoms with Crippen molar-refractivity contribution in [3.8, 4) is 11.5 Å². The molecule has 7 nitrogen and oxygen atoms in total. The number of ether oxygens (including phenoxy) is 2. The Morgan fingerprint density at radius 1 is 1.27 bits per heavy atom. The quantitative estimate of drug-likeness (QED) is 0.817. The largest absolute Gasteiger partial charge is 0.497 e. The first-order chi connectivity index (χ1) is 12.5. The maximum Gasteiger partial charge on any atom is 0.223 e. The van der Waals surface area contributed by atoms with Gasteiger partial charge in [0.05, 0.1) is 20.3 Å². The number of likely N-dealkylation sites (tertiary alicyclic amines) is 1. The molecule has 1 N–H and O–H groups in total. The second-order valence-electron chi connectivity index (χ2n) is 6.62. The first-order valence-corrected chi connectivity index (χ1v) is 8.69. The van der Waals surface area contributed by atoms with Gasteiger partial charge in [0.1, 0.15) is 17.3 Å². The summed E-state index contributed by atoms with van der Waals surface area (Å²) in [6, 6.07) is 5.78. The molecule has 0 unspecified atom stereocenters. The van der Waals surface area contributed by atoms with E-state index < -0.39 is 0 Å². The van der Waals surface area contributed by atoms with E-state index in [0.717, 1.165) is 29.4 Å². The minimum Gasteiger partial charge on any atom is -0.497 e. The molecule has 1 saturated heterocycles. The van der Waals surface area contributed by atoms with E-state index in [1.807, 2.05) is 48.0 Å². The summed E-state index contributed by atoms with van der Waals surface area (Å²) < 4.78 is 12.7. The molecule has 0 aliphatic carbocycles. The summed E-state index contributed by atoms with van der Waals surface area (Å²) in [5.74, 6) is 2.82. The zero-order valence-corrected chi connectivity index (χ0v) is 15.7. The molecule has 3 rings (SSSR count). The fourth-order valence-corrected chi connectivity index (χ4v) is 3.57. The van der Waals surface area contributed by atoms with Gasteiger partial charge in [-0.15, -0.1) is 0 Å². The van der Waals surface area contributed by atoms with Crippen LogP contribution in [-0.4, -0.2) is 48.2 Å². The van der Waals surface area contributed by atoms with E-state index in [1.54, 1.807) is 20.4 Å². The van der Waals surface area contributed by atoms with Gasteiger partial charge < -0.3 is 24.3 Å². The minimum atomic E-state index is -0.00670. The standard InChI is InChI=1S/C19H26N4O3/c1-22-8-7-21-19(22)18-14(9-17(24)23(18)2)12-20-11-13-5-6-15(25-3)10-16(13)26-4/h5-8,10,14,18,20H,9,11-12H2,1-4H3/t14-,18+/m0/s1. The highest BCUT2D eigenvalue weighted by Crippen LogP contribution is 2.35. The van der Waals surface area contributed by atoms with Gasteiger partial charge in [-0.2, -0.15) is 0 Å². The summed E-state index contributed by atoms with van der Waals surface area (Å²) in [5.41, 5.74) is 1.06. The summed E-state index contributed by atoms with van der Waals surface area (Å²) >= 11 is 0. The molecule has 1 aliphatic heterocycles. The van der Waals surface area contributed by atoms with E-state index in [1.165, 1.54) is 0 Å². The Bertz CT molecular complexity index is 774. The maximum atomic E-state index is 12.2. The average Bonchev–Trinajstić information content (AvgIpc) is 3.18. The topological polar surface area (TPSA) is 68.6 Å². The van der Waals surface area contributed by atoms with Gasteiger partial charge in [-0.3, -0.25) is 4.79 Å². The molecular weight excluding hydrogens is 332 g/mol. The van der Waals surface area contributed by atoms with Crippen LogP contribution in [-0.2, 0) is 18.4 Å². The number of imidazole rings is 1. The fourth-order valence-electron chi connectivity index (χ4n) is 3.57. The minimum absolute atomic E-state index is 0.00670. The lowest BCUT2D eigenvalue weighted by Crippen LogP contribution is -2.30. The molecule has 1 fully saturated rings. The van der Waals surface area contributed by atoms with Gasteiger partial charge >= 0.3 is 0 Å². The summed E-state index contributed by atoms with van der Waals surface area (Å²) in [6.07, 6.45) is 4.22. The highest BCUT2D eigenvalue weighted by molar-refractivity contribution is 5.79. The number of amides is 1. The van der Waals surface area contributed by atoms with Gasteiger partial charge in [0, 0.05) is 63.5 Å². The molecule has 0 bridgehead atoms. The number of nitrogens with zero attached hydrogens (tertiary/aromatic N) is 3. The van der Waals surface area contributed by atoms with E-state index >= 15 is 0 Å². The van der Waals surface area contributed by atoms with Crippen LogP contribution < -0.4 is 14.8 Å². The summed E-state index contributed by atoms with van der Waals surface area (Å²) in [6.45, 7) is 1.39. The Morgan fingerprint density at radius 2 is 2.08 bits per heavy atom. The van der Waals surface area contributed by atoms with Crippen LogP contribution in [0.4, 0.5) is 0 Å². The van der Waals surface area contributed by atoms with Crippen molar-refractivity contribution >= 4 is 5.91 Å². The number of aryl methyl sites for hydroxylation is 1. The van der Waals surface area contributed by atoms with Gasteiger partial charge in [0.15, 0.2) is 0 Å². The predicted octanol–water partition coefficient (Wildman–Crippen LogP) is 1.75. The van der Waals surface area contributed by atoms with Gasteiger partial charge in [-0.1, -0.05) is 6.07 Å². The fraction of sp³-hybridized carbons (Fsp3) is 0.474. The Labute approximate surface area is 153 Å². The average molecular weight is 358 g/mol. The molecule has 2 aromatic rings. The van der Waals surface area contributed by atoms with E-state index in [2.05, 4.69) is 10.3 Å². The highest BCUT2D eigenvalue weighted by Gasteiger charge is 2.40. The molecule has 0 spiro atoms. The van der Waals surface area contributed by atoms with E-state index in [0.29, 0.717) is 13.0 Å². The SMILES string of the molecule is COc1ccc(CNC[C@@H]2CC(=O)N(C)[C@H]2c2nccn2C)c(OC)c1. The van der Waals surface area contributed by atoms with E-state index in [4.69, 9.17) is 9.47 Å². The molecule has 140 valence electrons. The van der Waals surface area contributed by atoms with Crippen LogP contribution in [0.3, 0.4) is 0 Å². The number of benzene rings is 1. The maximum absolute atomic E-state index is 12.2. The molecule has 1 aliphatic rings. The van der Waals surface area contributed by atoms with Crippen LogP contribution in [0.5, 0.6) is 11.5 Å². The van der Waals surface area contributed by atoms with Gasteiger partial charge in [-0.05, 0) is 6.07 Å². The number of hydrogen-bond donors (Lipinski definition) is 1. The molecule has 26 heavy (non-hydrogen) atoms. The number of hydrogen-bond acceptors (Lipinski definition) is 5. The zero-order valence-electron chi connectivity index (χ0n) is 15.7. The van der Waals surface area contributed by atoms with Gasteiger partial charge in [-0.25, -0.2) is 4.98 Å². The second-order valence-corrected chi connectivity index (χ2v) is 6.62. The van der Waals surface area contributed by atoms with Crippen molar-refractivity contribution in [2.75, 3.05) is 27.8 Å². The summed E-state index contributed by atoms with van der Waals surface area (Å²) in [5, 5.41) is 3.47. The molecule has 0 saturated carbocycles. The first kappa shape index (κ1) is 18.3. The van der Waals surface area contributed by atoms with Gasteiger partial charge in [0.2, 0.25) is 5.91 Å². The normalized spacial score (nSPS) is 19.8. The Kier molecular flexibility index (Phi) is 5.46. The molecule has 1 amide bonds. The zero-order chi connectivity index (χ0) is 18.7. The van der Waals surface area contributed by atoms with Crippen molar-refractivity contribution in [3.63, 3.8) is 0 Å². The molecule has 1 aromatic heterocycles. The number of carbonyl (C=O) groups excluding carboxylic acids is 1. The van der Waals surface area contributed by atoms with Crippen LogP contribution in [0, 0.1) is 5.92 Å². The van der Waals surface area contributed by atoms with Crippen LogP contribution in [0.25, 0.3) is 0 Å². The third-order valence-electron chi connectivity index (χ3n) is 5.03. The van der Waals surface area contributed by atoms with E-state index in [9.17, 15) is 4.79 Å². The van der Waals surface area contributed by atoms with E-state index in [-0.39, 0.29) is 17.9 Å². The lowest BCUT2D eigenvalue weighted by atomic mass is 9.99. The number of rotatable bonds is 7. The molecule has 2 heterocycles. The van der Waals surface area contributed by atoms with Crippen LogP contribution in [0.15, 0.2) is 30.6 Å². The highest BCUT2D eigenvalue weighted by atomic mass is 16.5. The number of carbonyl (C=O) groups is 1. The second kappa shape index (κ2) is 7.78. The molecule has 0 radical (unpaired) electrons. The Balaban J connectivity index is 1.67. The van der Waals surface area contributed by atoms with Crippen LogP contribution in [0.2, 0.25) is 0 Å².